The van der Waals surface area contributed by atoms with Gasteiger partial charge in [0, 0.05) is 19.0 Å². The maximum atomic E-state index is 12.6. The summed E-state index contributed by atoms with van der Waals surface area (Å²) < 4.78 is 0. The summed E-state index contributed by atoms with van der Waals surface area (Å²) >= 11 is 0. The normalized spacial score (nSPS) is 20.6. The standard InChI is InChI=1S/C18H28N2O/c1-13-8-5-6-9-14(13)15-10-7-11-20(15)17(21)12-16(19)18(2,3)4/h5-6,8-9,15-16H,7,10-12,19H2,1-4H3. The highest BCUT2D eigenvalue weighted by Crippen LogP contribution is 2.34. The summed E-state index contributed by atoms with van der Waals surface area (Å²) in [5, 5.41) is 0. The van der Waals surface area contributed by atoms with Crippen LogP contribution < -0.4 is 5.73 Å². The fraction of sp³-hybridized carbons (Fsp3) is 0.611. The van der Waals surface area contributed by atoms with Crippen molar-refractivity contribution >= 4 is 5.91 Å². The molecule has 1 aliphatic heterocycles. The summed E-state index contributed by atoms with van der Waals surface area (Å²) in [6.45, 7) is 9.25. The zero-order chi connectivity index (χ0) is 15.6. The molecule has 2 atom stereocenters. The lowest BCUT2D eigenvalue weighted by atomic mass is 9.85. The van der Waals surface area contributed by atoms with Crippen LogP contribution in [0.25, 0.3) is 0 Å². The average Bonchev–Trinajstić information content (AvgIpc) is 2.87. The fourth-order valence-corrected chi connectivity index (χ4v) is 2.96. The highest BCUT2D eigenvalue weighted by Gasteiger charge is 2.33. The number of nitrogens with two attached hydrogens (primary N) is 1. The van der Waals surface area contributed by atoms with Crippen molar-refractivity contribution in [3.8, 4) is 0 Å². The molecule has 116 valence electrons. The smallest absolute Gasteiger partial charge is 0.224 e. The Kier molecular flexibility index (Phi) is 4.72. The Labute approximate surface area is 128 Å². The molecule has 1 aromatic carbocycles. The number of carbonyl (C=O) groups excluding carboxylic acids is 1. The first-order chi connectivity index (χ1) is 9.80. The molecule has 0 saturated carbocycles. The van der Waals surface area contributed by atoms with Crippen LogP contribution in [-0.2, 0) is 4.79 Å². The van der Waals surface area contributed by atoms with Gasteiger partial charge in [-0.15, -0.1) is 0 Å². The number of rotatable bonds is 3. The van der Waals surface area contributed by atoms with E-state index in [4.69, 9.17) is 5.73 Å². The van der Waals surface area contributed by atoms with Gasteiger partial charge in [0.05, 0.1) is 6.04 Å². The quantitative estimate of drug-likeness (QED) is 0.926. The van der Waals surface area contributed by atoms with Gasteiger partial charge >= 0.3 is 0 Å². The molecule has 3 nitrogen and oxygen atoms in total. The number of benzene rings is 1. The Bertz CT molecular complexity index is 504. The topological polar surface area (TPSA) is 46.3 Å². The summed E-state index contributed by atoms with van der Waals surface area (Å²) in [6, 6.07) is 8.51. The van der Waals surface area contributed by atoms with E-state index in [1.165, 1.54) is 11.1 Å². The van der Waals surface area contributed by atoms with Crippen molar-refractivity contribution in [3.05, 3.63) is 35.4 Å². The average molecular weight is 288 g/mol. The van der Waals surface area contributed by atoms with Gasteiger partial charge in [0.2, 0.25) is 5.91 Å². The van der Waals surface area contributed by atoms with Gasteiger partial charge in [0.25, 0.3) is 0 Å². The fourth-order valence-electron chi connectivity index (χ4n) is 2.96. The van der Waals surface area contributed by atoms with E-state index in [0.717, 1.165) is 19.4 Å². The van der Waals surface area contributed by atoms with Crippen LogP contribution in [0.3, 0.4) is 0 Å². The van der Waals surface area contributed by atoms with Crippen molar-refractivity contribution in [1.82, 2.24) is 4.90 Å². The SMILES string of the molecule is Cc1ccccc1C1CCCN1C(=O)CC(N)C(C)(C)C. The van der Waals surface area contributed by atoms with Crippen molar-refractivity contribution in [2.24, 2.45) is 11.1 Å². The van der Waals surface area contributed by atoms with E-state index < -0.39 is 0 Å². The molecule has 1 saturated heterocycles. The minimum Gasteiger partial charge on any atom is -0.336 e. The van der Waals surface area contributed by atoms with E-state index >= 15 is 0 Å². The number of hydrogen-bond donors (Lipinski definition) is 1. The van der Waals surface area contributed by atoms with Crippen molar-refractivity contribution in [1.29, 1.82) is 0 Å². The zero-order valence-corrected chi connectivity index (χ0v) is 13.7. The Morgan fingerprint density at radius 1 is 1.38 bits per heavy atom. The van der Waals surface area contributed by atoms with Crippen LogP contribution >= 0.6 is 0 Å². The molecule has 0 aliphatic carbocycles. The van der Waals surface area contributed by atoms with Crippen molar-refractivity contribution < 1.29 is 4.79 Å². The van der Waals surface area contributed by atoms with Crippen molar-refractivity contribution in [2.45, 2.75) is 59.0 Å². The largest absolute Gasteiger partial charge is 0.336 e. The van der Waals surface area contributed by atoms with E-state index in [1.807, 2.05) is 4.90 Å². The predicted octanol–water partition coefficient (Wildman–Crippen LogP) is 3.42. The van der Waals surface area contributed by atoms with Gasteiger partial charge < -0.3 is 10.6 Å². The minimum atomic E-state index is -0.0943. The van der Waals surface area contributed by atoms with Crippen LogP contribution in [0.4, 0.5) is 0 Å². The van der Waals surface area contributed by atoms with Crippen LogP contribution in [0.2, 0.25) is 0 Å². The molecule has 0 radical (unpaired) electrons. The number of carbonyl (C=O) groups is 1. The van der Waals surface area contributed by atoms with Gasteiger partial charge in [0.15, 0.2) is 0 Å². The zero-order valence-electron chi connectivity index (χ0n) is 13.7. The van der Waals surface area contributed by atoms with E-state index in [9.17, 15) is 4.79 Å². The summed E-state index contributed by atoms with van der Waals surface area (Å²) in [6.07, 6.45) is 2.57. The highest BCUT2D eigenvalue weighted by molar-refractivity contribution is 5.77. The second kappa shape index (κ2) is 6.18. The lowest BCUT2D eigenvalue weighted by Gasteiger charge is -2.31. The van der Waals surface area contributed by atoms with Crippen LogP contribution in [0.1, 0.15) is 57.2 Å². The van der Waals surface area contributed by atoms with Gasteiger partial charge in [-0.2, -0.15) is 0 Å². The van der Waals surface area contributed by atoms with Crippen LogP contribution in [0, 0.1) is 12.3 Å². The third kappa shape index (κ3) is 3.65. The van der Waals surface area contributed by atoms with Gasteiger partial charge in [-0.25, -0.2) is 0 Å². The second-order valence-electron chi connectivity index (χ2n) is 7.28. The van der Waals surface area contributed by atoms with Gasteiger partial charge in [-0.1, -0.05) is 45.0 Å². The predicted molar refractivity (Wildman–Crippen MR) is 86.9 cm³/mol. The van der Waals surface area contributed by atoms with Crippen molar-refractivity contribution in [2.75, 3.05) is 6.54 Å². The molecule has 2 N–H and O–H groups in total. The summed E-state index contributed by atoms with van der Waals surface area (Å²) in [5.74, 6) is 0.197. The molecular weight excluding hydrogens is 260 g/mol. The van der Waals surface area contributed by atoms with E-state index in [2.05, 4.69) is 52.0 Å². The number of likely N-dealkylation sites (tertiary alicyclic amines) is 1. The van der Waals surface area contributed by atoms with Crippen LogP contribution in [-0.4, -0.2) is 23.4 Å². The Morgan fingerprint density at radius 2 is 2.05 bits per heavy atom. The molecule has 0 spiro atoms. The third-order valence-electron chi connectivity index (χ3n) is 4.63. The number of aryl methyl sites for hydroxylation is 1. The first-order valence-corrected chi connectivity index (χ1v) is 7.91. The number of hydrogen-bond acceptors (Lipinski definition) is 2. The third-order valence-corrected chi connectivity index (χ3v) is 4.63. The monoisotopic (exact) mass is 288 g/mol. The molecular formula is C18H28N2O. The van der Waals surface area contributed by atoms with Gasteiger partial charge in [-0.3, -0.25) is 4.79 Å². The lowest BCUT2D eigenvalue weighted by Crippen LogP contribution is -2.41. The summed E-state index contributed by atoms with van der Waals surface area (Å²) in [4.78, 5) is 14.7. The molecule has 1 aliphatic rings. The molecule has 1 fully saturated rings. The molecule has 3 heteroatoms. The molecule has 0 bridgehead atoms. The second-order valence-corrected chi connectivity index (χ2v) is 7.28. The van der Waals surface area contributed by atoms with E-state index in [1.54, 1.807) is 0 Å². The van der Waals surface area contributed by atoms with Gasteiger partial charge in [-0.05, 0) is 36.3 Å². The molecule has 1 amide bonds. The van der Waals surface area contributed by atoms with E-state index in [0.29, 0.717) is 6.42 Å². The Hall–Kier alpha value is -1.35. The van der Waals surface area contributed by atoms with E-state index in [-0.39, 0.29) is 23.4 Å². The first-order valence-electron chi connectivity index (χ1n) is 7.91. The molecule has 21 heavy (non-hydrogen) atoms. The molecule has 2 rings (SSSR count). The van der Waals surface area contributed by atoms with Crippen LogP contribution in [0.15, 0.2) is 24.3 Å². The Balaban J connectivity index is 2.12. The lowest BCUT2D eigenvalue weighted by molar-refractivity contribution is -0.133. The number of nitrogens with zero attached hydrogens (tertiary/aromatic N) is 1. The van der Waals surface area contributed by atoms with Crippen LogP contribution in [0.5, 0.6) is 0 Å². The Morgan fingerprint density at radius 3 is 2.67 bits per heavy atom. The molecule has 0 aromatic heterocycles. The molecule has 2 unspecified atom stereocenters. The summed E-state index contributed by atoms with van der Waals surface area (Å²) in [5.41, 5.74) is 8.70. The van der Waals surface area contributed by atoms with Crippen molar-refractivity contribution in [3.63, 3.8) is 0 Å². The minimum absolute atomic E-state index is 0.0342. The first kappa shape index (κ1) is 16.0. The maximum absolute atomic E-state index is 12.6. The highest BCUT2D eigenvalue weighted by atomic mass is 16.2. The summed E-state index contributed by atoms with van der Waals surface area (Å²) in [7, 11) is 0. The van der Waals surface area contributed by atoms with Gasteiger partial charge in [0.1, 0.15) is 0 Å². The maximum Gasteiger partial charge on any atom is 0.224 e. The number of amides is 1. The molecule has 1 heterocycles. The molecule has 1 aromatic rings.